The van der Waals surface area contributed by atoms with Crippen molar-refractivity contribution < 1.29 is 28.6 Å². The van der Waals surface area contributed by atoms with Crippen LogP contribution in [0.2, 0.25) is 0 Å². The minimum absolute atomic E-state index is 0.00479. The quantitative estimate of drug-likeness (QED) is 0.610. The molecule has 2 rings (SSSR count). The number of esters is 3. The maximum atomic E-state index is 12.3. The smallest absolute Gasteiger partial charge is 0.355 e. The van der Waals surface area contributed by atoms with Crippen molar-refractivity contribution in [2.45, 2.75) is 0 Å². The van der Waals surface area contributed by atoms with Crippen LogP contribution in [-0.4, -0.2) is 39.2 Å². The van der Waals surface area contributed by atoms with Crippen LogP contribution in [0.1, 0.15) is 10.4 Å². The van der Waals surface area contributed by atoms with Gasteiger partial charge in [0.25, 0.3) is 0 Å². The second kappa shape index (κ2) is 7.96. The molecule has 130 valence electrons. The molecule has 0 spiro atoms. The zero-order chi connectivity index (χ0) is 18.4. The zero-order valence-corrected chi connectivity index (χ0v) is 14.0. The topological polar surface area (TPSA) is 82.1 Å². The summed E-state index contributed by atoms with van der Waals surface area (Å²) >= 11 is 0. The Labute approximate surface area is 144 Å². The van der Waals surface area contributed by atoms with E-state index >= 15 is 0 Å². The van der Waals surface area contributed by atoms with Crippen LogP contribution >= 0.6 is 0 Å². The number of allylic oxidation sites excluding steroid dienone is 2. The molecule has 7 nitrogen and oxygen atoms in total. The Balaban J connectivity index is 2.54. The highest BCUT2D eigenvalue weighted by atomic mass is 16.5. The van der Waals surface area contributed by atoms with E-state index in [1.165, 1.54) is 32.3 Å². The average Bonchev–Trinajstić information content (AvgIpc) is 2.89. The molecule has 1 aliphatic heterocycles. The van der Waals surface area contributed by atoms with Crippen molar-refractivity contribution >= 4 is 23.6 Å². The van der Waals surface area contributed by atoms with Crippen LogP contribution in [0.15, 0.2) is 60.0 Å². The van der Waals surface area contributed by atoms with E-state index in [1.807, 2.05) is 0 Å². The zero-order valence-electron chi connectivity index (χ0n) is 14.0. The molecule has 0 fully saturated rings. The SMILES string of the molecule is COC(=O)C1=C(C(=O)OC)N(c2ccc(C(=O)OC)cc2)C=CC=C1. The maximum absolute atomic E-state index is 12.3. The molecule has 0 unspecified atom stereocenters. The molecule has 0 aromatic heterocycles. The molecule has 0 amide bonds. The predicted octanol–water partition coefficient (Wildman–Crippen LogP) is 1.96. The summed E-state index contributed by atoms with van der Waals surface area (Å²) < 4.78 is 14.2. The summed E-state index contributed by atoms with van der Waals surface area (Å²) in [5, 5.41) is 0. The van der Waals surface area contributed by atoms with Crippen LogP contribution < -0.4 is 4.90 Å². The summed E-state index contributed by atoms with van der Waals surface area (Å²) in [6.07, 6.45) is 6.34. The normalized spacial score (nSPS) is 13.3. The van der Waals surface area contributed by atoms with E-state index in [-0.39, 0.29) is 11.3 Å². The summed E-state index contributed by atoms with van der Waals surface area (Å²) in [4.78, 5) is 37.4. The first-order valence-corrected chi connectivity index (χ1v) is 7.26. The number of hydrogen-bond donors (Lipinski definition) is 0. The van der Waals surface area contributed by atoms with E-state index in [4.69, 9.17) is 9.47 Å². The molecular formula is C18H17NO6. The number of hydrogen-bond acceptors (Lipinski definition) is 7. The van der Waals surface area contributed by atoms with E-state index in [0.29, 0.717) is 11.3 Å². The van der Waals surface area contributed by atoms with Crippen LogP contribution in [0.25, 0.3) is 0 Å². The van der Waals surface area contributed by atoms with E-state index in [2.05, 4.69) is 4.74 Å². The second-order valence-electron chi connectivity index (χ2n) is 4.85. The monoisotopic (exact) mass is 343 g/mol. The predicted molar refractivity (Wildman–Crippen MR) is 89.6 cm³/mol. The lowest BCUT2D eigenvalue weighted by atomic mass is 10.1. The Morgan fingerprint density at radius 1 is 0.800 bits per heavy atom. The van der Waals surface area contributed by atoms with Gasteiger partial charge in [-0.3, -0.25) is 0 Å². The summed E-state index contributed by atoms with van der Waals surface area (Å²) in [6.45, 7) is 0. The number of carbonyl (C=O) groups is 3. The highest BCUT2D eigenvalue weighted by Crippen LogP contribution is 2.26. The van der Waals surface area contributed by atoms with Crippen molar-refractivity contribution in [3.8, 4) is 0 Å². The van der Waals surface area contributed by atoms with Gasteiger partial charge in [0.1, 0.15) is 5.70 Å². The van der Waals surface area contributed by atoms with Gasteiger partial charge in [-0.15, -0.1) is 0 Å². The molecular weight excluding hydrogens is 326 g/mol. The van der Waals surface area contributed by atoms with Gasteiger partial charge in [-0.2, -0.15) is 0 Å². The van der Waals surface area contributed by atoms with Gasteiger partial charge in [-0.05, 0) is 36.4 Å². The highest BCUT2D eigenvalue weighted by molar-refractivity contribution is 6.05. The van der Waals surface area contributed by atoms with Crippen molar-refractivity contribution in [3.63, 3.8) is 0 Å². The van der Waals surface area contributed by atoms with Gasteiger partial charge in [-0.25, -0.2) is 14.4 Å². The van der Waals surface area contributed by atoms with Crippen molar-refractivity contribution in [2.75, 3.05) is 26.2 Å². The van der Waals surface area contributed by atoms with E-state index in [0.717, 1.165) is 0 Å². The Kier molecular flexibility index (Phi) is 5.73. The Bertz CT molecular complexity index is 773. The van der Waals surface area contributed by atoms with Gasteiger partial charge in [0.2, 0.25) is 0 Å². The highest BCUT2D eigenvalue weighted by Gasteiger charge is 2.27. The van der Waals surface area contributed by atoms with Crippen molar-refractivity contribution in [1.29, 1.82) is 0 Å². The van der Waals surface area contributed by atoms with Crippen molar-refractivity contribution in [1.82, 2.24) is 0 Å². The van der Waals surface area contributed by atoms with Gasteiger partial charge in [0.15, 0.2) is 0 Å². The molecule has 7 heteroatoms. The molecule has 0 atom stereocenters. The molecule has 0 saturated heterocycles. The van der Waals surface area contributed by atoms with E-state index < -0.39 is 17.9 Å². The Hall–Kier alpha value is -3.35. The molecule has 25 heavy (non-hydrogen) atoms. The van der Waals surface area contributed by atoms with E-state index in [1.54, 1.807) is 42.6 Å². The third kappa shape index (κ3) is 3.77. The van der Waals surface area contributed by atoms with Crippen LogP contribution in [0.3, 0.4) is 0 Å². The van der Waals surface area contributed by atoms with Gasteiger partial charge in [0.05, 0.1) is 32.5 Å². The first-order valence-electron chi connectivity index (χ1n) is 7.26. The minimum Gasteiger partial charge on any atom is -0.465 e. The number of methoxy groups -OCH3 is 3. The van der Waals surface area contributed by atoms with Crippen LogP contribution in [0.4, 0.5) is 5.69 Å². The standard InChI is InChI=1S/C18H17NO6/c1-23-16(20)12-7-9-13(10-8-12)19-11-5-4-6-14(17(21)24-2)15(19)18(22)25-3/h4-11H,1-3H3. The number of anilines is 1. The first-order chi connectivity index (χ1) is 12.0. The summed E-state index contributed by atoms with van der Waals surface area (Å²) in [7, 11) is 3.74. The lowest BCUT2D eigenvalue weighted by Crippen LogP contribution is -2.27. The lowest BCUT2D eigenvalue weighted by Gasteiger charge is -2.23. The summed E-state index contributed by atoms with van der Waals surface area (Å²) in [5.41, 5.74) is 0.968. The van der Waals surface area contributed by atoms with Gasteiger partial charge in [-0.1, -0.05) is 6.08 Å². The largest absolute Gasteiger partial charge is 0.465 e. The lowest BCUT2D eigenvalue weighted by molar-refractivity contribution is -0.139. The fourth-order valence-electron chi connectivity index (χ4n) is 2.24. The molecule has 0 bridgehead atoms. The molecule has 0 aliphatic carbocycles. The van der Waals surface area contributed by atoms with Crippen LogP contribution in [-0.2, 0) is 23.8 Å². The fourth-order valence-corrected chi connectivity index (χ4v) is 2.24. The van der Waals surface area contributed by atoms with Gasteiger partial charge < -0.3 is 19.1 Å². The van der Waals surface area contributed by atoms with Crippen molar-refractivity contribution in [2.24, 2.45) is 0 Å². The van der Waals surface area contributed by atoms with Crippen molar-refractivity contribution in [3.05, 3.63) is 65.5 Å². The third-order valence-electron chi connectivity index (χ3n) is 3.46. The summed E-state index contributed by atoms with van der Waals surface area (Å²) in [5.74, 6) is -1.84. The number of nitrogens with zero attached hydrogens (tertiary/aromatic N) is 1. The number of ether oxygens (including phenoxy) is 3. The van der Waals surface area contributed by atoms with E-state index in [9.17, 15) is 14.4 Å². The molecule has 1 aliphatic rings. The molecule has 0 N–H and O–H groups in total. The summed E-state index contributed by atoms with van der Waals surface area (Å²) in [6, 6.07) is 6.36. The number of rotatable bonds is 4. The molecule has 1 heterocycles. The van der Waals surface area contributed by atoms with Crippen LogP contribution in [0, 0.1) is 0 Å². The molecule has 0 saturated carbocycles. The molecule has 0 radical (unpaired) electrons. The Morgan fingerprint density at radius 3 is 1.96 bits per heavy atom. The minimum atomic E-state index is -0.700. The third-order valence-corrected chi connectivity index (χ3v) is 3.46. The van der Waals surface area contributed by atoms with Gasteiger partial charge >= 0.3 is 17.9 Å². The first kappa shape index (κ1) is 18.0. The molecule has 1 aromatic carbocycles. The number of benzene rings is 1. The maximum Gasteiger partial charge on any atom is 0.355 e. The fraction of sp³-hybridized carbons (Fsp3) is 0.167. The second-order valence-corrected chi connectivity index (χ2v) is 4.85. The van der Waals surface area contributed by atoms with Crippen LogP contribution in [0.5, 0.6) is 0 Å². The Morgan fingerprint density at radius 2 is 1.40 bits per heavy atom. The average molecular weight is 343 g/mol. The number of carbonyl (C=O) groups excluding carboxylic acids is 3. The molecule has 1 aromatic rings. The van der Waals surface area contributed by atoms with Gasteiger partial charge in [0, 0.05) is 11.9 Å².